The number of amides is 2. The van der Waals surface area contributed by atoms with Crippen LogP contribution in [0.1, 0.15) is 0 Å². The van der Waals surface area contributed by atoms with E-state index in [0.29, 0.717) is 5.69 Å². The van der Waals surface area contributed by atoms with Crippen molar-refractivity contribution in [2.24, 2.45) is 0 Å². The summed E-state index contributed by atoms with van der Waals surface area (Å²) in [7, 11) is 1.46. The summed E-state index contributed by atoms with van der Waals surface area (Å²) in [5, 5.41) is 11.2. The Morgan fingerprint density at radius 3 is 2.47 bits per heavy atom. The molecule has 92 valence electrons. The summed E-state index contributed by atoms with van der Waals surface area (Å²) in [6.07, 6.45) is 0. The summed E-state index contributed by atoms with van der Waals surface area (Å²) >= 11 is 2.15. The highest BCUT2D eigenvalue weighted by Crippen LogP contribution is 2.11. The molecule has 0 spiro atoms. The van der Waals surface area contributed by atoms with Gasteiger partial charge in [0.1, 0.15) is 0 Å². The highest BCUT2D eigenvalue weighted by atomic mass is 127. The summed E-state index contributed by atoms with van der Waals surface area (Å²) in [6, 6.07) is 7.11. The van der Waals surface area contributed by atoms with E-state index in [2.05, 4.69) is 27.9 Å². The van der Waals surface area contributed by atoms with Crippen molar-refractivity contribution in [3.8, 4) is 0 Å². The van der Waals surface area contributed by atoms with Crippen molar-refractivity contribution in [1.29, 1.82) is 0 Å². The lowest BCUT2D eigenvalue weighted by molar-refractivity contribution is -0.142. The molecule has 2 amide bonds. The quantitative estimate of drug-likeness (QED) is 0.624. The number of likely N-dealkylation sites (N-methyl/N-ethyl adjacent to an activating group) is 1. The van der Waals surface area contributed by atoms with Crippen LogP contribution in [-0.4, -0.2) is 42.0 Å². The molecule has 0 bridgehead atoms. The van der Waals surface area contributed by atoms with Gasteiger partial charge in [0.05, 0.1) is 6.61 Å². The van der Waals surface area contributed by atoms with Gasteiger partial charge in [-0.2, -0.15) is 0 Å². The molecule has 0 aliphatic rings. The lowest BCUT2D eigenvalue weighted by Gasteiger charge is -2.14. The lowest BCUT2D eigenvalue weighted by atomic mass is 10.3. The lowest BCUT2D eigenvalue weighted by Crippen LogP contribution is -2.38. The van der Waals surface area contributed by atoms with E-state index in [1.165, 1.54) is 11.9 Å². The predicted octanol–water partition coefficient (Wildman–Crippen LogP) is 0.680. The van der Waals surface area contributed by atoms with E-state index in [1.54, 1.807) is 12.1 Å². The number of aliphatic hydroxyl groups excluding tert-OH is 1. The van der Waals surface area contributed by atoms with Crippen LogP contribution in [0.3, 0.4) is 0 Å². The van der Waals surface area contributed by atoms with E-state index in [9.17, 15) is 9.59 Å². The van der Waals surface area contributed by atoms with E-state index in [-0.39, 0.29) is 13.2 Å². The van der Waals surface area contributed by atoms with Gasteiger partial charge in [-0.25, -0.2) is 0 Å². The molecule has 6 heteroatoms. The molecule has 0 radical (unpaired) electrons. The first-order valence-electron chi connectivity index (χ1n) is 4.97. The molecule has 2 N–H and O–H groups in total. The third-order valence-electron chi connectivity index (χ3n) is 2.08. The van der Waals surface area contributed by atoms with Gasteiger partial charge < -0.3 is 15.3 Å². The highest BCUT2D eigenvalue weighted by Gasteiger charge is 2.17. The normalized spacial score (nSPS) is 9.82. The number of benzene rings is 1. The molecule has 0 aliphatic carbocycles. The smallest absolute Gasteiger partial charge is 0.313 e. The van der Waals surface area contributed by atoms with Crippen LogP contribution in [0.2, 0.25) is 0 Å². The van der Waals surface area contributed by atoms with Gasteiger partial charge in [0.15, 0.2) is 0 Å². The molecular weight excluding hydrogens is 335 g/mol. The summed E-state index contributed by atoms with van der Waals surface area (Å²) in [4.78, 5) is 24.2. The Hall–Kier alpha value is -1.15. The van der Waals surface area contributed by atoms with Crippen LogP contribution in [0, 0.1) is 3.57 Å². The molecule has 5 nitrogen and oxygen atoms in total. The first-order valence-corrected chi connectivity index (χ1v) is 6.05. The van der Waals surface area contributed by atoms with Gasteiger partial charge in [-0.15, -0.1) is 0 Å². The third-order valence-corrected chi connectivity index (χ3v) is 2.80. The van der Waals surface area contributed by atoms with E-state index in [0.717, 1.165) is 3.57 Å². The maximum absolute atomic E-state index is 11.5. The van der Waals surface area contributed by atoms with Crippen molar-refractivity contribution in [2.75, 3.05) is 25.5 Å². The number of nitrogens with one attached hydrogen (secondary N) is 1. The van der Waals surface area contributed by atoms with Crippen LogP contribution in [0.25, 0.3) is 0 Å². The maximum Gasteiger partial charge on any atom is 0.313 e. The average molecular weight is 348 g/mol. The Bertz CT molecular complexity index is 406. The zero-order chi connectivity index (χ0) is 12.8. The number of rotatable bonds is 3. The Morgan fingerprint density at radius 2 is 1.94 bits per heavy atom. The number of halogens is 1. The Labute approximate surface area is 113 Å². The second-order valence-corrected chi connectivity index (χ2v) is 4.66. The van der Waals surface area contributed by atoms with Crippen molar-refractivity contribution in [3.05, 3.63) is 27.8 Å². The van der Waals surface area contributed by atoms with E-state index in [1.807, 2.05) is 12.1 Å². The van der Waals surface area contributed by atoms with Crippen molar-refractivity contribution < 1.29 is 14.7 Å². The second-order valence-electron chi connectivity index (χ2n) is 3.41. The molecular formula is C11H13IN2O3. The Morgan fingerprint density at radius 1 is 1.35 bits per heavy atom. The standard InChI is InChI=1S/C11H13IN2O3/c1-14(6-7-15)11(17)10(16)13-9-4-2-8(12)3-5-9/h2-5,15H,6-7H2,1H3,(H,13,16). The van der Waals surface area contributed by atoms with Crippen molar-refractivity contribution in [2.45, 2.75) is 0 Å². The topological polar surface area (TPSA) is 69.6 Å². The second kappa shape index (κ2) is 6.55. The van der Waals surface area contributed by atoms with Gasteiger partial charge in [-0.1, -0.05) is 0 Å². The zero-order valence-corrected chi connectivity index (χ0v) is 11.5. The molecule has 0 saturated carbocycles. The van der Waals surface area contributed by atoms with Crippen LogP contribution < -0.4 is 5.32 Å². The third kappa shape index (κ3) is 4.31. The van der Waals surface area contributed by atoms with Gasteiger partial charge >= 0.3 is 11.8 Å². The minimum Gasteiger partial charge on any atom is -0.395 e. The monoisotopic (exact) mass is 348 g/mol. The van der Waals surface area contributed by atoms with Gasteiger partial charge in [0.25, 0.3) is 0 Å². The fourth-order valence-electron chi connectivity index (χ4n) is 1.14. The number of hydrogen-bond acceptors (Lipinski definition) is 3. The molecule has 1 aromatic rings. The van der Waals surface area contributed by atoms with Gasteiger partial charge in [0, 0.05) is 22.8 Å². The number of hydrogen-bond donors (Lipinski definition) is 2. The van der Waals surface area contributed by atoms with Gasteiger partial charge in [-0.3, -0.25) is 9.59 Å². The predicted molar refractivity (Wildman–Crippen MR) is 72.5 cm³/mol. The van der Waals surface area contributed by atoms with Crippen molar-refractivity contribution in [3.63, 3.8) is 0 Å². The molecule has 0 heterocycles. The van der Waals surface area contributed by atoms with Crippen molar-refractivity contribution >= 4 is 40.1 Å². The summed E-state index contributed by atoms with van der Waals surface area (Å²) in [5.74, 6) is -1.38. The Kier molecular flexibility index (Phi) is 5.36. The fraction of sp³-hybridized carbons (Fsp3) is 0.273. The number of carbonyl (C=O) groups excluding carboxylic acids is 2. The average Bonchev–Trinajstić information content (AvgIpc) is 2.31. The molecule has 0 aliphatic heterocycles. The number of carbonyl (C=O) groups is 2. The van der Waals surface area contributed by atoms with Crippen LogP contribution in [0.5, 0.6) is 0 Å². The van der Waals surface area contributed by atoms with Crippen LogP contribution in [0.4, 0.5) is 5.69 Å². The molecule has 0 fully saturated rings. The zero-order valence-electron chi connectivity index (χ0n) is 9.31. The number of anilines is 1. The van der Waals surface area contributed by atoms with Crippen LogP contribution >= 0.6 is 22.6 Å². The molecule has 0 saturated heterocycles. The minimum absolute atomic E-state index is 0.138. The molecule has 0 unspecified atom stereocenters. The van der Waals surface area contributed by atoms with E-state index < -0.39 is 11.8 Å². The summed E-state index contributed by atoms with van der Waals surface area (Å²) in [6.45, 7) is -0.0298. The maximum atomic E-state index is 11.5. The molecule has 0 aromatic heterocycles. The highest BCUT2D eigenvalue weighted by molar-refractivity contribution is 14.1. The van der Waals surface area contributed by atoms with Gasteiger partial charge in [-0.05, 0) is 46.9 Å². The SMILES string of the molecule is CN(CCO)C(=O)C(=O)Nc1ccc(I)cc1. The first-order chi connectivity index (χ1) is 8.04. The van der Waals surface area contributed by atoms with Crippen molar-refractivity contribution in [1.82, 2.24) is 4.90 Å². The first kappa shape index (κ1) is 13.9. The molecule has 17 heavy (non-hydrogen) atoms. The number of nitrogens with zero attached hydrogens (tertiary/aromatic N) is 1. The Balaban J connectivity index is 2.60. The van der Waals surface area contributed by atoms with Gasteiger partial charge in [0.2, 0.25) is 0 Å². The summed E-state index contributed by atoms with van der Waals surface area (Å²) < 4.78 is 1.05. The fourth-order valence-corrected chi connectivity index (χ4v) is 1.50. The van der Waals surface area contributed by atoms with Crippen LogP contribution in [-0.2, 0) is 9.59 Å². The number of aliphatic hydroxyl groups is 1. The molecule has 0 atom stereocenters. The molecule has 1 rings (SSSR count). The van der Waals surface area contributed by atoms with E-state index >= 15 is 0 Å². The minimum atomic E-state index is -0.706. The largest absolute Gasteiger partial charge is 0.395 e. The van der Waals surface area contributed by atoms with Crippen LogP contribution in [0.15, 0.2) is 24.3 Å². The molecule has 1 aromatic carbocycles. The summed E-state index contributed by atoms with van der Waals surface area (Å²) in [5.41, 5.74) is 0.571. The van der Waals surface area contributed by atoms with E-state index in [4.69, 9.17) is 5.11 Å².